The number of rotatable bonds is 4. The second-order valence-electron chi connectivity index (χ2n) is 5.79. The van der Waals surface area contributed by atoms with Gasteiger partial charge in [-0.2, -0.15) is 4.98 Å². The van der Waals surface area contributed by atoms with E-state index < -0.39 is 6.23 Å². The standard InChI is InChI=1S/C19H17BrN4O2S/c1-3-27-19-22-18-16(23-24-19)14-10-12(20)6-9-15(14)21-17(26-18)11-4-7-13(25-2)8-5-11/h4-10,17,21H,3H2,1-2H3. The summed E-state index contributed by atoms with van der Waals surface area (Å²) < 4.78 is 12.4. The van der Waals surface area contributed by atoms with E-state index in [0.29, 0.717) is 16.7 Å². The van der Waals surface area contributed by atoms with E-state index in [1.165, 1.54) is 11.8 Å². The van der Waals surface area contributed by atoms with Crippen LogP contribution in [0.1, 0.15) is 18.7 Å². The Morgan fingerprint density at radius 3 is 2.74 bits per heavy atom. The molecule has 1 unspecified atom stereocenters. The number of methoxy groups -OCH3 is 1. The lowest BCUT2D eigenvalue weighted by molar-refractivity contribution is 0.225. The van der Waals surface area contributed by atoms with Gasteiger partial charge in [0.2, 0.25) is 11.0 Å². The highest BCUT2D eigenvalue weighted by molar-refractivity contribution is 9.10. The first-order valence-electron chi connectivity index (χ1n) is 8.42. The number of aromatic nitrogens is 3. The van der Waals surface area contributed by atoms with Crippen molar-refractivity contribution in [2.45, 2.75) is 18.3 Å². The van der Waals surface area contributed by atoms with E-state index >= 15 is 0 Å². The molecule has 2 aromatic carbocycles. The van der Waals surface area contributed by atoms with Gasteiger partial charge in [0, 0.05) is 21.3 Å². The zero-order chi connectivity index (χ0) is 18.8. The van der Waals surface area contributed by atoms with Crippen molar-refractivity contribution in [3.05, 3.63) is 52.5 Å². The minimum atomic E-state index is -0.409. The molecule has 1 aromatic heterocycles. The summed E-state index contributed by atoms with van der Waals surface area (Å²) in [5.41, 5.74) is 3.38. The van der Waals surface area contributed by atoms with Crippen LogP contribution in [0.15, 0.2) is 52.1 Å². The number of nitrogens with one attached hydrogen (secondary N) is 1. The predicted octanol–water partition coefficient (Wildman–Crippen LogP) is 4.92. The lowest BCUT2D eigenvalue weighted by Gasteiger charge is -2.19. The van der Waals surface area contributed by atoms with Crippen LogP contribution in [0.25, 0.3) is 11.3 Å². The summed E-state index contributed by atoms with van der Waals surface area (Å²) >= 11 is 5.06. The van der Waals surface area contributed by atoms with Crippen LogP contribution in [0.2, 0.25) is 0 Å². The van der Waals surface area contributed by atoms with Crippen LogP contribution < -0.4 is 14.8 Å². The molecule has 8 heteroatoms. The van der Waals surface area contributed by atoms with Crippen LogP contribution in [0.5, 0.6) is 11.6 Å². The predicted molar refractivity (Wildman–Crippen MR) is 109 cm³/mol. The Labute approximate surface area is 169 Å². The molecule has 0 amide bonds. The number of hydrogen-bond acceptors (Lipinski definition) is 7. The Morgan fingerprint density at radius 2 is 2.00 bits per heavy atom. The molecule has 0 saturated heterocycles. The van der Waals surface area contributed by atoms with Crippen molar-refractivity contribution >= 4 is 33.4 Å². The number of fused-ring (bicyclic) bond motifs is 3. The molecule has 4 rings (SSSR count). The molecule has 1 atom stereocenters. The Morgan fingerprint density at radius 1 is 1.19 bits per heavy atom. The van der Waals surface area contributed by atoms with Gasteiger partial charge in [-0.15, -0.1) is 10.2 Å². The topological polar surface area (TPSA) is 69.2 Å². The van der Waals surface area contributed by atoms with Crippen LogP contribution in [-0.2, 0) is 0 Å². The number of nitrogens with zero attached hydrogens (tertiary/aromatic N) is 3. The van der Waals surface area contributed by atoms with E-state index in [4.69, 9.17) is 9.47 Å². The van der Waals surface area contributed by atoms with Crippen LogP contribution >= 0.6 is 27.7 Å². The third kappa shape index (κ3) is 3.72. The quantitative estimate of drug-likeness (QED) is 0.572. The van der Waals surface area contributed by atoms with E-state index in [1.54, 1.807) is 7.11 Å². The molecule has 2 heterocycles. The van der Waals surface area contributed by atoms with Gasteiger partial charge in [-0.25, -0.2) is 0 Å². The SMILES string of the molecule is CCSc1nnc2c(n1)OC(c1ccc(OC)cc1)Nc1ccc(Br)cc1-2. The zero-order valence-electron chi connectivity index (χ0n) is 14.8. The molecule has 0 radical (unpaired) electrons. The second-order valence-corrected chi connectivity index (χ2v) is 7.93. The van der Waals surface area contributed by atoms with Gasteiger partial charge in [-0.3, -0.25) is 0 Å². The number of thioether (sulfide) groups is 1. The molecule has 0 spiro atoms. The summed E-state index contributed by atoms with van der Waals surface area (Å²) in [5, 5.41) is 12.7. The Bertz CT molecular complexity index is 968. The van der Waals surface area contributed by atoms with E-state index in [0.717, 1.165) is 32.8 Å². The number of ether oxygens (including phenoxy) is 2. The van der Waals surface area contributed by atoms with Crippen LogP contribution in [-0.4, -0.2) is 28.0 Å². The summed E-state index contributed by atoms with van der Waals surface area (Å²) in [6.45, 7) is 2.05. The molecule has 1 N–H and O–H groups in total. The Hall–Kier alpha value is -2.32. The summed E-state index contributed by atoms with van der Waals surface area (Å²) in [7, 11) is 1.65. The second kappa shape index (κ2) is 7.74. The van der Waals surface area contributed by atoms with E-state index in [1.807, 2.05) is 42.5 Å². The van der Waals surface area contributed by atoms with Gasteiger partial charge in [-0.05, 0) is 48.2 Å². The minimum absolute atomic E-state index is 0.409. The highest BCUT2D eigenvalue weighted by Crippen LogP contribution is 2.40. The highest BCUT2D eigenvalue weighted by atomic mass is 79.9. The number of benzene rings is 2. The molecule has 3 aromatic rings. The molecule has 0 aliphatic carbocycles. The smallest absolute Gasteiger partial charge is 0.247 e. The maximum atomic E-state index is 6.23. The first kappa shape index (κ1) is 18.1. The molecule has 27 heavy (non-hydrogen) atoms. The molecule has 1 aliphatic heterocycles. The summed E-state index contributed by atoms with van der Waals surface area (Å²) in [4.78, 5) is 4.59. The van der Waals surface area contributed by atoms with Crippen LogP contribution in [0.3, 0.4) is 0 Å². The first-order valence-corrected chi connectivity index (χ1v) is 10.2. The normalized spacial score (nSPS) is 15.0. The van der Waals surface area contributed by atoms with Crippen molar-refractivity contribution < 1.29 is 9.47 Å². The third-order valence-corrected chi connectivity index (χ3v) is 5.29. The van der Waals surface area contributed by atoms with Gasteiger partial charge in [0.05, 0.1) is 7.11 Å². The van der Waals surface area contributed by atoms with Gasteiger partial charge in [0.25, 0.3) is 0 Å². The lowest BCUT2D eigenvalue weighted by atomic mass is 10.1. The van der Waals surface area contributed by atoms with E-state index in [2.05, 4.69) is 43.4 Å². The number of hydrogen-bond donors (Lipinski definition) is 1. The fourth-order valence-corrected chi connectivity index (χ4v) is 3.66. The molecular formula is C19H17BrN4O2S. The maximum absolute atomic E-state index is 6.23. The summed E-state index contributed by atoms with van der Waals surface area (Å²) in [5.74, 6) is 2.12. The number of halogens is 1. The zero-order valence-corrected chi connectivity index (χ0v) is 17.2. The van der Waals surface area contributed by atoms with E-state index in [9.17, 15) is 0 Å². The molecule has 0 bridgehead atoms. The fourth-order valence-electron chi connectivity index (χ4n) is 2.79. The summed E-state index contributed by atoms with van der Waals surface area (Å²) in [6.07, 6.45) is -0.409. The van der Waals surface area contributed by atoms with Crippen molar-refractivity contribution in [1.82, 2.24) is 15.2 Å². The molecule has 0 fully saturated rings. The van der Waals surface area contributed by atoms with Crippen molar-refractivity contribution in [2.24, 2.45) is 0 Å². The Kier molecular flexibility index (Phi) is 5.18. The van der Waals surface area contributed by atoms with Gasteiger partial charge in [-0.1, -0.05) is 34.6 Å². The van der Waals surface area contributed by atoms with Gasteiger partial charge < -0.3 is 14.8 Å². The molecule has 138 valence electrons. The van der Waals surface area contributed by atoms with Crippen molar-refractivity contribution in [3.63, 3.8) is 0 Å². The Balaban J connectivity index is 1.81. The monoisotopic (exact) mass is 444 g/mol. The third-order valence-electron chi connectivity index (χ3n) is 4.08. The van der Waals surface area contributed by atoms with Crippen molar-refractivity contribution in [1.29, 1.82) is 0 Å². The van der Waals surface area contributed by atoms with Crippen LogP contribution in [0, 0.1) is 0 Å². The van der Waals surface area contributed by atoms with Crippen molar-refractivity contribution in [2.75, 3.05) is 18.2 Å². The van der Waals surface area contributed by atoms with E-state index in [-0.39, 0.29) is 0 Å². The van der Waals surface area contributed by atoms with Gasteiger partial charge >= 0.3 is 0 Å². The highest BCUT2D eigenvalue weighted by Gasteiger charge is 2.26. The molecule has 6 nitrogen and oxygen atoms in total. The minimum Gasteiger partial charge on any atom is -0.497 e. The summed E-state index contributed by atoms with van der Waals surface area (Å²) in [6, 6.07) is 13.7. The average Bonchev–Trinajstić information content (AvgIpc) is 2.84. The molecule has 1 aliphatic rings. The maximum Gasteiger partial charge on any atom is 0.247 e. The first-order chi connectivity index (χ1) is 13.2. The van der Waals surface area contributed by atoms with Gasteiger partial charge in [0.15, 0.2) is 11.9 Å². The molecular weight excluding hydrogens is 428 g/mol. The van der Waals surface area contributed by atoms with Crippen LogP contribution in [0.4, 0.5) is 5.69 Å². The average molecular weight is 445 g/mol. The molecule has 0 saturated carbocycles. The lowest BCUT2D eigenvalue weighted by Crippen LogP contribution is -2.17. The largest absolute Gasteiger partial charge is 0.497 e. The van der Waals surface area contributed by atoms with Gasteiger partial charge in [0.1, 0.15) is 5.75 Å². The van der Waals surface area contributed by atoms with Crippen molar-refractivity contribution in [3.8, 4) is 22.9 Å². The fraction of sp³-hybridized carbons (Fsp3) is 0.211. The number of anilines is 1.